The number of ether oxygens (including phenoxy) is 6. The van der Waals surface area contributed by atoms with Crippen LogP contribution in [-0.4, -0.2) is 124 Å². The zero-order valence-electron chi connectivity index (χ0n) is 48.3. The molecule has 0 radical (unpaired) electrons. The number of fused-ring (bicyclic) bond motifs is 6. The molecule has 1 amide bonds. The largest absolute Gasteiger partial charge is 0.459 e. The van der Waals surface area contributed by atoms with Gasteiger partial charge >= 0.3 is 30.0 Å². The number of hydrogen-bond acceptors (Lipinski definition) is 15. The fourth-order valence-corrected chi connectivity index (χ4v) is 22.3. The lowest BCUT2D eigenvalue weighted by Crippen LogP contribution is -2.82. The van der Waals surface area contributed by atoms with Crippen molar-refractivity contribution in [1.29, 1.82) is 0 Å². The van der Waals surface area contributed by atoms with Gasteiger partial charge in [0.1, 0.15) is 29.5 Å². The molecule has 18 heteroatoms. The Bertz CT molecular complexity index is 2130. The van der Waals surface area contributed by atoms with Gasteiger partial charge in [-0.2, -0.15) is 0 Å². The Kier molecular flexibility index (Phi) is 19.0. The van der Waals surface area contributed by atoms with Gasteiger partial charge in [0, 0.05) is 38.5 Å². The molecule has 420 valence electrons. The Morgan fingerprint density at radius 1 is 0.892 bits per heavy atom. The van der Waals surface area contributed by atoms with Gasteiger partial charge in [-0.3, -0.25) is 19.2 Å². The number of esters is 4. The van der Waals surface area contributed by atoms with E-state index < -0.39 is 129 Å². The van der Waals surface area contributed by atoms with Crippen molar-refractivity contribution in [2.45, 2.75) is 264 Å². The lowest BCUT2D eigenvalue weighted by atomic mass is 9.44. The van der Waals surface area contributed by atoms with Crippen molar-refractivity contribution < 1.29 is 71.1 Å². The molecular weight excluding hydrogens is 983 g/mol. The van der Waals surface area contributed by atoms with Gasteiger partial charge in [-0.25, -0.2) is 9.59 Å². The molecule has 3 bridgehead atoms. The molecule has 74 heavy (non-hydrogen) atoms. The monoisotopic (exact) mass is 1080 g/mol. The van der Waals surface area contributed by atoms with Crippen molar-refractivity contribution in [2.24, 2.45) is 22.7 Å². The van der Waals surface area contributed by atoms with Crippen LogP contribution in [0, 0.1) is 22.7 Å². The van der Waals surface area contributed by atoms with Crippen LogP contribution in [0.2, 0.25) is 34.8 Å². The Hall–Kier alpha value is -3.43. The van der Waals surface area contributed by atoms with Crippen molar-refractivity contribution in [1.82, 2.24) is 5.32 Å². The Morgan fingerprint density at radius 2 is 1.49 bits per heavy atom. The van der Waals surface area contributed by atoms with Crippen LogP contribution in [0.25, 0.3) is 0 Å². The summed E-state index contributed by atoms with van der Waals surface area (Å²) in [5, 5.41) is 17.4. The molecule has 0 spiro atoms. The molecule has 2 aliphatic heterocycles. The predicted octanol–water partition coefficient (Wildman–Crippen LogP) is 10.1. The lowest BCUT2D eigenvalue weighted by Gasteiger charge is -2.68. The van der Waals surface area contributed by atoms with E-state index in [1.807, 2.05) is 19.1 Å². The summed E-state index contributed by atoms with van der Waals surface area (Å²) in [5.74, 6) is -5.15. The van der Waals surface area contributed by atoms with E-state index in [2.05, 4.69) is 67.6 Å². The fourth-order valence-electron chi connectivity index (χ4n) is 13.9. The average Bonchev–Trinajstić information content (AvgIpc) is 3.27. The molecule has 5 rings (SSSR count). The van der Waals surface area contributed by atoms with Crippen molar-refractivity contribution >= 4 is 52.4 Å². The maximum atomic E-state index is 16.5. The second kappa shape index (κ2) is 22.9. The van der Waals surface area contributed by atoms with E-state index in [1.165, 1.54) is 13.8 Å². The molecule has 2 N–H and O–H groups in total. The average molecular weight is 1080 g/mol. The molecule has 5 aliphatic rings. The summed E-state index contributed by atoms with van der Waals surface area (Å²) in [6.45, 7) is 35.0. The van der Waals surface area contributed by atoms with Crippen molar-refractivity contribution in [3.05, 3.63) is 23.3 Å². The third kappa shape index (κ3) is 11.4. The lowest BCUT2D eigenvalue weighted by molar-refractivity contribution is -0.346. The van der Waals surface area contributed by atoms with Crippen molar-refractivity contribution in [3.63, 3.8) is 0 Å². The number of nitrogens with one attached hydrogen (secondary N) is 1. The number of carbonyl (C=O) groups is 6. The number of aliphatic hydroxyl groups is 1. The van der Waals surface area contributed by atoms with E-state index in [4.69, 9.17) is 37.3 Å². The van der Waals surface area contributed by atoms with E-state index in [0.717, 1.165) is 0 Å². The number of rotatable bonds is 13. The van der Waals surface area contributed by atoms with Gasteiger partial charge in [0.25, 0.3) is 0 Å². The molecule has 16 nitrogen and oxygen atoms in total. The molecule has 2 saturated carbocycles. The first-order chi connectivity index (χ1) is 34.2. The Morgan fingerprint density at radius 3 is 1.99 bits per heavy atom. The van der Waals surface area contributed by atoms with E-state index in [9.17, 15) is 24.3 Å². The third-order valence-corrected chi connectivity index (χ3v) is 28.7. The quantitative estimate of drug-likeness (QED) is 0.0761. The predicted molar refractivity (Wildman–Crippen MR) is 285 cm³/mol. The van der Waals surface area contributed by atoms with E-state index in [0.29, 0.717) is 36.5 Å². The zero-order valence-corrected chi connectivity index (χ0v) is 50.3. The number of ketones is 1. The molecule has 12 atom stereocenters. The SMILES string of the molecule is CC[Si](CC)(CC)O[C@H]1C[C@H]2OC[C@@]2(OC(C)=O)[C@H]2[C@@H]3OC(=O)C[C@H](C)CC/C=C/CC(NC(=O)OC(C)(C)C)[C@@H](O[Si](C(C)C)(C(C)C)C(C)C)C(=O)O[C@H]4C[C@]3(O)C(C)(C)C(=C4C)[C@@H](OC(C)=O)C(=O)[C@]12C. The minimum atomic E-state index is -2.99. The molecular formula is C56H93NO15Si2. The number of amides is 1. The first-order valence-corrected chi connectivity index (χ1v) is 32.2. The maximum absolute atomic E-state index is 16.5. The van der Waals surface area contributed by atoms with Gasteiger partial charge < -0.3 is 47.7 Å². The van der Waals surface area contributed by atoms with Crippen LogP contribution >= 0.6 is 0 Å². The molecule has 2 heterocycles. The fraction of sp³-hybridized carbons (Fsp3) is 0.821. The summed E-state index contributed by atoms with van der Waals surface area (Å²) in [4.78, 5) is 88.1. The molecule has 0 aromatic carbocycles. The van der Waals surface area contributed by atoms with Gasteiger partial charge in [0.15, 0.2) is 31.9 Å². The van der Waals surface area contributed by atoms with Crippen LogP contribution in [0.15, 0.2) is 23.3 Å². The summed E-state index contributed by atoms with van der Waals surface area (Å²) in [6, 6.07) is 1.14. The number of alkyl carbamates (subject to hydrolysis) is 1. The van der Waals surface area contributed by atoms with E-state index in [-0.39, 0.29) is 60.4 Å². The van der Waals surface area contributed by atoms with Crippen LogP contribution in [-0.2, 0) is 61.2 Å². The highest BCUT2D eigenvalue weighted by molar-refractivity contribution is 6.77. The van der Waals surface area contributed by atoms with Crippen molar-refractivity contribution in [3.8, 4) is 0 Å². The highest BCUT2D eigenvalue weighted by Gasteiger charge is 2.79. The maximum Gasteiger partial charge on any atom is 0.407 e. The summed E-state index contributed by atoms with van der Waals surface area (Å²) in [5.41, 5.74) is -7.62. The van der Waals surface area contributed by atoms with Gasteiger partial charge in [-0.1, -0.05) is 95.2 Å². The highest BCUT2D eigenvalue weighted by Crippen LogP contribution is 2.65. The van der Waals surface area contributed by atoms with Crippen LogP contribution in [0.4, 0.5) is 4.79 Å². The summed E-state index contributed by atoms with van der Waals surface area (Å²) < 4.78 is 53.2. The Balaban J connectivity index is 1.91. The molecule has 0 aromatic heterocycles. The normalized spacial score (nSPS) is 34.5. The number of carbonyl (C=O) groups excluding carboxylic acids is 6. The number of hydrogen-bond donors (Lipinski definition) is 2. The molecule has 1 unspecified atom stereocenters. The molecule has 0 aromatic rings. The molecule has 3 fully saturated rings. The van der Waals surface area contributed by atoms with Crippen molar-refractivity contribution in [2.75, 3.05) is 6.61 Å². The van der Waals surface area contributed by atoms with Crippen LogP contribution < -0.4 is 5.32 Å². The number of Topliss-reactive ketones (excluding diaryl/α,β-unsaturated/α-hetero) is 1. The van der Waals surface area contributed by atoms with E-state index in [1.54, 1.807) is 48.5 Å². The van der Waals surface area contributed by atoms with E-state index >= 15 is 9.59 Å². The third-order valence-electron chi connectivity index (χ3n) is 18.0. The first kappa shape index (κ1) is 61.4. The summed E-state index contributed by atoms with van der Waals surface area (Å²) >= 11 is 0. The molecule has 3 aliphatic carbocycles. The van der Waals surface area contributed by atoms with Crippen LogP contribution in [0.3, 0.4) is 0 Å². The smallest absolute Gasteiger partial charge is 0.407 e. The number of allylic oxidation sites excluding steroid dienone is 1. The second-order valence-electron chi connectivity index (χ2n) is 24.9. The topological polar surface area (TPSA) is 209 Å². The standard InChI is InChI=1S/C56H93NO15Si2/c1-20-73(21-2,22-3)71-41-29-42-55(31-65-42,69-38(13)59)47-49-56(64)30-40(36(11)44(53(56,17)18)46(66-37(12)58)48(61)54(41,47)19)67-50(62)45(72-74(32(4)5,33(6)7)34(8)9)39(57-51(63)70-52(14,15)16)27-25-23-24-26-35(10)28-43(60)68-49/h23,25,32-35,39-42,45-47,49,64H,20-22,24,26-31H2,1-19H3,(H,57,63)/b25-23+/t35-,39?,40+,41+,42-,45-,46-,47+,49+,54-,55+,56-/m1/s1. The zero-order chi connectivity index (χ0) is 55.9. The highest BCUT2D eigenvalue weighted by atomic mass is 28.4. The van der Waals surface area contributed by atoms with Gasteiger partial charge in [0.2, 0.25) is 8.32 Å². The van der Waals surface area contributed by atoms with Gasteiger partial charge in [0.05, 0.1) is 30.1 Å². The Labute approximate surface area is 444 Å². The van der Waals surface area contributed by atoms with Gasteiger partial charge in [-0.05, 0) is 106 Å². The summed E-state index contributed by atoms with van der Waals surface area (Å²) in [6.07, 6.45) is -3.92. The first-order valence-electron chi connectivity index (χ1n) is 27.5. The molecule has 1 saturated heterocycles. The van der Waals surface area contributed by atoms with Crippen LogP contribution in [0.1, 0.15) is 170 Å². The van der Waals surface area contributed by atoms with Crippen LogP contribution in [0.5, 0.6) is 0 Å². The second-order valence-corrected chi connectivity index (χ2v) is 35.1. The minimum absolute atomic E-state index is 0.00232. The summed E-state index contributed by atoms with van der Waals surface area (Å²) in [7, 11) is -5.61. The van der Waals surface area contributed by atoms with Gasteiger partial charge in [-0.15, -0.1) is 0 Å². The minimum Gasteiger partial charge on any atom is -0.459 e.